The number of rotatable bonds is 5. The van der Waals surface area contributed by atoms with Crippen molar-refractivity contribution in [1.29, 1.82) is 0 Å². The molecule has 0 unspecified atom stereocenters. The van der Waals surface area contributed by atoms with Crippen LogP contribution in [0.2, 0.25) is 0 Å². The van der Waals surface area contributed by atoms with Gasteiger partial charge in [-0.1, -0.05) is 42.5 Å². The largest absolute Gasteiger partial charge is 0.320 e. The van der Waals surface area contributed by atoms with Crippen molar-refractivity contribution in [1.82, 2.24) is 5.32 Å². The number of aryl methyl sites for hydroxylation is 1. The first-order valence-electron chi connectivity index (χ1n) is 7.64. The minimum atomic E-state index is -3.43. The molecule has 0 amide bonds. The summed E-state index contributed by atoms with van der Waals surface area (Å²) in [5.41, 5.74) is 2.15. The molecule has 1 N–H and O–H groups in total. The third-order valence-electron chi connectivity index (χ3n) is 4.65. The van der Waals surface area contributed by atoms with Crippen LogP contribution >= 0.6 is 0 Å². The van der Waals surface area contributed by atoms with Gasteiger partial charge in [0.2, 0.25) is 0 Å². The quantitative estimate of drug-likeness (QED) is 0.923. The van der Waals surface area contributed by atoms with Crippen molar-refractivity contribution >= 4 is 9.84 Å². The lowest BCUT2D eigenvalue weighted by Gasteiger charge is -2.30. The van der Waals surface area contributed by atoms with E-state index in [1.807, 2.05) is 31.3 Å². The first-order chi connectivity index (χ1) is 10.6. The molecule has 3 nitrogen and oxygen atoms in total. The summed E-state index contributed by atoms with van der Waals surface area (Å²) in [7, 11) is -1.56. The molecule has 0 aliphatic heterocycles. The van der Waals surface area contributed by atoms with Crippen LogP contribution in [0.5, 0.6) is 0 Å². The molecule has 0 spiro atoms. The maximum Gasteiger partial charge on any atom is 0.188 e. The SMILES string of the molecule is CNCC[C@@]1(S(=O)(=O)c2ccccc2)CCc2ccccc21. The van der Waals surface area contributed by atoms with Crippen molar-refractivity contribution < 1.29 is 8.42 Å². The first-order valence-corrected chi connectivity index (χ1v) is 9.13. The molecule has 2 aromatic rings. The lowest BCUT2D eigenvalue weighted by molar-refractivity contribution is 0.480. The Balaban J connectivity index is 2.17. The number of sulfone groups is 1. The molecule has 0 radical (unpaired) electrons. The van der Waals surface area contributed by atoms with E-state index >= 15 is 0 Å². The van der Waals surface area contributed by atoms with Crippen molar-refractivity contribution in [3.05, 3.63) is 65.7 Å². The molecule has 116 valence electrons. The highest BCUT2D eigenvalue weighted by molar-refractivity contribution is 7.92. The number of hydrogen-bond acceptors (Lipinski definition) is 3. The van der Waals surface area contributed by atoms with Gasteiger partial charge in [0.25, 0.3) is 0 Å². The molecular weight excluding hydrogens is 294 g/mol. The third-order valence-corrected chi connectivity index (χ3v) is 7.20. The van der Waals surface area contributed by atoms with Gasteiger partial charge in [0, 0.05) is 0 Å². The van der Waals surface area contributed by atoms with E-state index < -0.39 is 14.6 Å². The molecule has 3 rings (SSSR count). The Morgan fingerprint density at radius 2 is 1.73 bits per heavy atom. The van der Waals surface area contributed by atoms with Crippen molar-refractivity contribution in [2.45, 2.75) is 28.9 Å². The monoisotopic (exact) mass is 315 g/mol. The fraction of sp³-hybridized carbons (Fsp3) is 0.333. The van der Waals surface area contributed by atoms with Gasteiger partial charge in [-0.25, -0.2) is 8.42 Å². The highest BCUT2D eigenvalue weighted by Gasteiger charge is 2.49. The maximum atomic E-state index is 13.4. The average Bonchev–Trinajstić information content (AvgIpc) is 2.94. The summed E-state index contributed by atoms with van der Waals surface area (Å²) < 4.78 is 26.0. The van der Waals surface area contributed by atoms with E-state index in [-0.39, 0.29) is 0 Å². The van der Waals surface area contributed by atoms with Gasteiger partial charge in [0.05, 0.1) is 4.90 Å². The zero-order valence-corrected chi connectivity index (χ0v) is 13.6. The van der Waals surface area contributed by atoms with Crippen LogP contribution in [-0.4, -0.2) is 22.0 Å². The van der Waals surface area contributed by atoms with Gasteiger partial charge in [0.15, 0.2) is 9.84 Å². The molecule has 4 heteroatoms. The summed E-state index contributed by atoms with van der Waals surface area (Å²) in [5, 5.41) is 3.11. The molecule has 22 heavy (non-hydrogen) atoms. The normalized spacial score (nSPS) is 20.8. The van der Waals surface area contributed by atoms with Crippen molar-refractivity contribution in [2.75, 3.05) is 13.6 Å². The Morgan fingerprint density at radius 3 is 2.45 bits per heavy atom. The van der Waals surface area contributed by atoms with E-state index in [1.165, 1.54) is 0 Å². The number of nitrogens with one attached hydrogen (secondary N) is 1. The summed E-state index contributed by atoms with van der Waals surface area (Å²) in [6, 6.07) is 16.8. The second-order valence-electron chi connectivity index (χ2n) is 5.82. The van der Waals surface area contributed by atoms with E-state index in [0.717, 1.165) is 17.5 Å². The molecule has 0 saturated heterocycles. The van der Waals surface area contributed by atoms with Crippen LogP contribution < -0.4 is 5.32 Å². The van der Waals surface area contributed by atoms with Crippen LogP contribution in [0.25, 0.3) is 0 Å². The van der Waals surface area contributed by atoms with E-state index in [4.69, 9.17) is 0 Å². The Hall–Kier alpha value is -1.65. The van der Waals surface area contributed by atoms with Crippen LogP contribution in [-0.2, 0) is 21.0 Å². The Labute approximate surface area is 132 Å². The molecule has 1 aliphatic rings. The van der Waals surface area contributed by atoms with E-state index in [9.17, 15) is 8.42 Å². The predicted molar refractivity (Wildman–Crippen MR) is 88.6 cm³/mol. The smallest absolute Gasteiger partial charge is 0.188 e. The molecule has 1 aliphatic carbocycles. The lowest BCUT2D eigenvalue weighted by Crippen LogP contribution is -2.36. The molecule has 0 heterocycles. The fourth-order valence-electron chi connectivity index (χ4n) is 3.48. The van der Waals surface area contributed by atoms with Gasteiger partial charge < -0.3 is 5.32 Å². The molecule has 1 atom stereocenters. The molecule has 0 bridgehead atoms. The topological polar surface area (TPSA) is 46.2 Å². The van der Waals surface area contributed by atoms with Gasteiger partial charge in [-0.05, 0) is 56.1 Å². The minimum absolute atomic E-state index is 0.419. The predicted octanol–water partition coefficient (Wildman–Crippen LogP) is 2.91. The fourth-order valence-corrected chi connectivity index (χ4v) is 5.68. The van der Waals surface area contributed by atoms with E-state index in [0.29, 0.717) is 24.3 Å². The molecule has 0 saturated carbocycles. The lowest BCUT2D eigenvalue weighted by atomic mass is 9.96. The number of benzene rings is 2. The van der Waals surface area contributed by atoms with Crippen LogP contribution in [0.3, 0.4) is 0 Å². The average molecular weight is 315 g/mol. The Kier molecular flexibility index (Phi) is 4.06. The standard InChI is InChI=1S/C18H21NO2S/c1-19-14-13-18(12-11-15-7-5-6-10-17(15)18)22(20,21)16-8-3-2-4-9-16/h2-10,19H,11-14H2,1H3/t18-/m0/s1. The van der Waals surface area contributed by atoms with Crippen molar-refractivity contribution in [3.8, 4) is 0 Å². The summed E-state index contributed by atoms with van der Waals surface area (Å²) in [6.45, 7) is 0.681. The zero-order chi connectivity index (χ0) is 15.6. The highest BCUT2D eigenvalue weighted by Crippen LogP contribution is 2.48. The minimum Gasteiger partial charge on any atom is -0.320 e. The van der Waals surface area contributed by atoms with Crippen molar-refractivity contribution in [3.63, 3.8) is 0 Å². The third kappa shape index (κ3) is 2.27. The molecule has 0 aromatic heterocycles. The van der Waals surface area contributed by atoms with Gasteiger partial charge in [-0.2, -0.15) is 0 Å². The van der Waals surface area contributed by atoms with Gasteiger partial charge in [-0.15, -0.1) is 0 Å². The Bertz CT molecular complexity index is 756. The van der Waals surface area contributed by atoms with E-state index in [1.54, 1.807) is 24.3 Å². The van der Waals surface area contributed by atoms with Crippen LogP contribution in [0.15, 0.2) is 59.5 Å². The van der Waals surface area contributed by atoms with Gasteiger partial charge in [-0.3, -0.25) is 0 Å². The Morgan fingerprint density at radius 1 is 1.05 bits per heavy atom. The summed E-state index contributed by atoms with van der Waals surface area (Å²) in [5.74, 6) is 0. The first kappa shape index (κ1) is 15.3. The van der Waals surface area contributed by atoms with Gasteiger partial charge in [0.1, 0.15) is 4.75 Å². The second kappa shape index (κ2) is 5.86. The zero-order valence-electron chi connectivity index (χ0n) is 12.7. The van der Waals surface area contributed by atoms with E-state index in [2.05, 4.69) is 11.4 Å². The van der Waals surface area contributed by atoms with Crippen LogP contribution in [0.4, 0.5) is 0 Å². The van der Waals surface area contributed by atoms with Crippen LogP contribution in [0.1, 0.15) is 24.0 Å². The van der Waals surface area contributed by atoms with Crippen molar-refractivity contribution in [2.24, 2.45) is 0 Å². The summed E-state index contributed by atoms with van der Waals surface area (Å²) in [4.78, 5) is 0.419. The summed E-state index contributed by atoms with van der Waals surface area (Å²) >= 11 is 0. The molecular formula is C18H21NO2S. The number of hydrogen-bond donors (Lipinski definition) is 1. The highest BCUT2D eigenvalue weighted by atomic mass is 32.2. The molecule has 2 aromatic carbocycles. The summed E-state index contributed by atoms with van der Waals surface area (Å²) in [6.07, 6.45) is 2.08. The second-order valence-corrected chi connectivity index (χ2v) is 8.08. The molecule has 0 fully saturated rings. The number of fused-ring (bicyclic) bond motifs is 1. The van der Waals surface area contributed by atoms with Gasteiger partial charge >= 0.3 is 0 Å². The maximum absolute atomic E-state index is 13.4. The van der Waals surface area contributed by atoms with Crippen LogP contribution in [0, 0.1) is 0 Å².